The van der Waals surface area contributed by atoms with Gasteiger partial charge in [0.2, 0.25) is 0 Å². The third kappa shape index (κ3) is 2.62. The number of hydrogen-bond acceptors (Lipinski definition) is 0. The van der Waals surface area contributed by atoms with Crippen molar-refractivity contribution in [2.75, 3.05) is 0 Å². The third-order valence-electron chi connectivity index (χ3n) is 2.46. The van der Waals surface area contributed by atoms with Gasteiger partial charge in [-0.05, 0) is 42.5 Å². The van der Waals surface area contributed by atoms with Crippen LogP contribution in [0.5, 0.6) is 0 Å². The largest absolute Gasteiger partial charge is 0.0911 e. The van der Waals surface area contributed by atoms with E-state index in [2.05, 4.69) is 45.1 Å². The molecular weight excluding hydrogens is 192 g/mol. The summed E-state index contributed by atoms with van der Waals surface area (Å²) in [4.78, 5) is 0. The zero-order valence-electron chi connectivity index (χ0n) is 9.05. The van der Waals surface area contributed by atoms with E-state index in [0.29, 0.717) is 5.92 Å². The van der Waals surface area contributed by atoms with Crippen LogP contribution >= 0.6 is 11.6 Å². The van der Waals surface area contributed by atoms with E-state index in [1.54, 1.807) is 0 Å². The van der Waals surface area contributed by atoms with Gasteiger partial charge in [0, 0.05) is 5.02 Å². The van der Waals surface area contributed by atoms with Crippen LogP contribution in [-0.2, 0) is 6.42 Å². The summed E-state index contributed by atoms with van der Waals surface area (Å²) in [5.41, 5.74) is 2.73. The molecule has 0 spiro atoms. The summed E-state index contributed by atoms with van der Waals surface area (Å²) in [5.74, 6) is 0.479. The maximum absolute atomic E-state index is 5.96. The molecule has 1 heteroatoms. The number of allylic oxidation sites excluding steroid dienone is 2. The van der Waals surface area contributed by atoms with Gasteiger partial charge in [-0.25, -0.2) is 0 Å². The summed E-state index contributed by atoms with van der Waals surface area (Å²) in [5, 5.41) is 0.832. The Kier molecular flexibility index (Phi) is 4.21. The van der Waals surface area contributed by atoms with Crippen LogP contribution in [0.25, 0.3) is 0 Å². The Hall–Kier alpha value is -0.750. The highest BCUT2D eigenvalue weighted by Crippen LogP contribution is 2.24. The van der Waals surface area contributed by atoms with Gasteiger partial charge >= 0.3 is 0 Å². The van der Waals surface area contributed by atoms with Crippen LogP contribution in [0.2, 0.25) is 5.02 Å². The average Bonchev–Trinajstić information content (AvgIpc) is 2.17. The molecule has 0 aliphatic carbocycles. The lowest BCUT2D eigenvalue weighted by Crippen LogP contribution is -1.95. The molecule has 0 aliphatic heterocycles. The zero-order valence-corrected chi connectivity index (χ0v) is 9.81. The molecule has 0 radical (unpaired) electrons. The summed E-state index contributed by atoms with van der Waals surface area (Å²) < 4.78 is 0. The van der Waals surface area contributed by atoms with Crippen molar-refractivity contribution in [2.24, 2.45) is 0 Å². The molecule has 0 aliphatic rings. The smallest absolute Gasteiger partial charge is 0.0408 e. The molecule has 0 heterocycles. The molecular formula is C13H17Cl. The van der Waals surface area contributed by atoms with Gasteiger partial charge in [0.05, 0.1) is 0 Å². The fourth-order valence-corrected chi connectivity index (χ4v) is 1.91. The standard InChI is InChI=1S/C13H17Cl/c1-4-6-10(3)13-8-7-12(14)9-11(13)5-2/h4,6-10H,5H2,1-3H3/b6-4+/t10-/m0/s1. The number of rotatable bonds is 3. The van der Waals surface area contributed by atoms with Crippen molar-refractivity contribution in [3.63, 3.8) is 0 Å². The second-order valence-electron chi connectivity index (χ2n) is 3.51. The molecule has 0 nitrogen and oxygen atoms in total. The predicted octanol–water partition coefficient (Wildman–Crippen LogP) is 4.58. The van der Waals surface area contributed by atoms with Crippen molar-refractivity contribution in [1.29, 1.82) is 0 Å². The van der Waals surface area contributed by atoms with E-state index in [1.165, 1.54) is 11.1 Å². The van der Waals surface area contributed by atoms with E-state index in [0.717, 1.165) is 11.4 Å². The van der Waals surface area contributed by atoms with E-state index >= 15 is 0 Å². The summed E-state index contributed by atoms with van der Waals surface area (Å²) in [6.07, 6.45) is 5.35. The second kappa shape index (κ2) is 5.21. The minimum absolute atomic E-state index is 0.479. The van der Waals surface area contributed by atoms with Crippen molar-refractivity contribution in [3.05, 3.63) is 46.5 Å². The SMILES string of the molecule is C/C=C/[C@H](C)c1ccc(Cl)cc1CC. The highest BCUT2D eigenvalue weighted by atomic mass is 35.5. The maximum Gasteiger partial charge on any atom is 0.0408 e. The van der Waals surface area contributed by atoms with Crippen LogP contribution in [0.4, 0.5) is 0 Å². The lowest BCUT2D eigenvalue weighted by molar-refractivity contribution is 0.927. The summed E-state index contributed by atoms with van der Waals surface area (Å²) in [6.45, 7) is 6.43. The molecule has 0 N–H and O–H groups in total. The third-order valence-corrected chi connectivity index (χ3v) is 2.69. The number of benzene rings is 1. The molecule has 0 fully saturated rings. The van der Waals surface area contributed by atoms with Crippen LogP contribution in [0.15, 0.2) is 30.4 Å². The van der Waals surface area contributed by atoms with Gasteiger partial charge in [0.1, 0.15) is 0 Å². The van der Waals surface area contributed by atoms with Gasteiger partial charge in [-0.2, -0.15) is 0 Å². The van der Waals surface area contributed by atoms with E-state index in [1.807, 2.05) is 6.07 Å². The molecule has 14 heavy (non-hydrogen) atoms. The van der Waals surface area contributed by atoms with Crippen LogP contribution in [0.1, 0.15) is 37.8 Å². The Morgan fingerprint density at radius 1 is 1.43 bits per heavy atom. The van der Waals surface area contributed by atoms with Crippen molar-refractivity contribution < 1.29 is 0 Å². The van der Waals surface area contributed by atoms with Crippen LogP contribution < -0.4 is 0 Å². The first-order valence-electron chi connectivity index (χ1n) is 5.10. The molecule has 1 rings (SSSR count). The minimum Gasteiger partial charge on any atom is -0.0911 e. The van der Waals surface area contributed by atoms with E-state index in [-0.39, 0.29) is 0 Å². The van der Waals surface area contributed by atoms with Crippen molar-refractivity contribution in [3.8, 4) is 0 Å². The van der Waals surface area contributed by atoms with Gasteiger partial charge < -0.3 is 0 Å². The van der Waals surface area contributed by atoms with Gasteiger partial charge in [0.15, 0.2) is 0 Å². The Morgan fingerprint density at radius 2 is 2.14 bits per heavy atom. The van der Waals surface area contributed by atoms with E-state index in [9.17, 15) is 0 Å². The number of halogens is 1. The normalized spacial score (nSPS) is 13.4. The first kappa shape index (κ1) is 11.3. The quantitative estimate of drug-likeness (QED) is 0.638. The predicted molar refractivity (Wildman–Crippen MR) is 64.1 cm³/mol. The molecule has 0 saturated carbocycles. The molecule has 0 bridgehead atoms. The summed E-state index contributed by atoms with van der Waals surface area (Å²) in [7, 11) is 0. The van der Waals surface area contributed by atoms with Crippen LogP contribution in [0.3, 0.4) is 0 Å². The lowest BCUT2D eigenvalue weighted by Gasteiger charge is -2.12. The average molecular weight is 209 g/mol. The van der Waals surface area contributed by atoms with Crippen LogP contribution in [0, 0.1) is 0 Å². The highest BCUT2D eigenvalue weighted by molar-refractivity contribution is 6.30. The molecule has 1 aromatic rings. The second-order valence-corrected chi connectivity index (χ2v) is 3.95. The molecule has 76 valence electrons. The topological polar surface area (TPSA) is 0 Å². The van der Waals surface area contributed by atoms with Gasteiger partial charge in [-0.15, -0.1) is 0 Å². The molecule has 0 unspecified atom stereocenters. The summed E-state index contributed by atoms with van der Waals surface area (Å²) >= 11 is 5.96. The lowest BCUT2D eigenvalue weighted by atomic mass is 9.94. The Morgan fingerprint density at radius 3 is 2.71 bits per heavy atom. The van der Waals surface area contributed by atoms with Gasteiger partial charge in [-0.1, -0.05) is 43.7 Å². The Labute approximate surface area is 91.6 Å². The van der Waals surface area contributed by atoms with Crippen molar-refractivity contribution in [2.45, 2.75) is 33.1 Å². The number of aryl methyl sites for hydroxylation is 1. The highest BCUT2D eigenvalue weighted by Gasteiger charge is 2.06. The molecule has 1 atom stereocenters. The first-order chi connectivity index (χ1) is 6.69. The Balaban J connectivity index is 3.07. The van der Waals surface area contributed by atoms with Crippen molar-refractivity contribution in [1.82, 2.24) is 0 Å². The summed E-state index contributed by atoms with van der Waals surface area (Å²) in [6, 6.07) is 6.17. The minimum atomic E-state index is 0.479. The van der Waals surface area contributed by atoms with Gasteiger partial charge in [-0.3, -0.25) is 0 Å². The van der Waals surface area contributed by atoms with E-state index < -0.39 is 0 Å². The fraction of sp³-hybridized carbons (Fsp3) is 0.385. The maximum atomic E-state index is 5.96. The Bertz CT molecular complexity index is 326. The fourth-order valence-electron chi connectivity index (χ4n) is 1.72. The number of hydrogen-bond donors (Lipinski definition) is 0. The van der Waals surface area contributed by atoms with E-state index in [4.69, 9.17) is 11.6 Å². The monoisotopic (exact) mass is 208 g/mol. The van der Waals surface area contributed by atoms with Crippen molar-refractivity contribution >= 4 is 11.6 Å². The molecule has 0 saturated heterocycles. The molecule has 0 aromatic heterocycles. The first-order valence-corrected chi connectivity index (χ1v) is 5.48. The zero-order chi connectivity index (χ0) is 10.6. The molecule has 1 aromatic carbocycles. The van der Waals surface area contributed by atoms with Gasteiger partial charge in [0.25, 0.3) is 0 Å². The molecule has 0 amide bonds. The van der Waals surface area contributed by atoms with Crippen LogP contribution in [-0.4, -0.2) is 0 Å².